The van der Waals surface area contributed by atoms with Crippen LogP contribution in [-0.2, 0) is 11.3 Å². The van der Waals surface area contributed by atoms with Crippen molar-refractivity contribution in [1.29, 1.82) is 0 Å². The summed E-state index contributed by atoms with van der Waals surface area (Å²) in [5.74, 6) is 0.243. The predicted molar refractivity (Wildman–Crippen MR) is 107 cm³/mol. The molecule has 1 atom stereocenters. The molecule has 1 aliphatic heterocycles. The molecule has 142 valence electrons. The minimum Gasteiger partial charge on any atom is -0.366 e. The van der Waals surface area contributed by atoms with E-state index in [1.807, 2.05) is 30.3 Å². The van der Waals surface area contributed by atoms with Crippen molar-refractivity contribution in [2.45, 2.75) is 25.4 Å². The fourth-order valence-corrected chi connectivity index (χ4v) is 3.43. The molecule has 6 nitrogen and oxygen atoms in total. The summed E-state index contributed by atoms with van der Waals surface area (Å²) in [4.78, 5) is 17.8. The Morgan fingerprint density at radius 1 is 1.37 bits per heavy atom. The number of hydrogen-bond donors (Lipinski definition) is 3. The standard InChI is InChI=1S/C20H23ClN4O2/c21-17-4-1-3-16(11-17)13-25-10-2-5-18(14-25)23-19-8-6-15(12-22-19)7-9-20(26)24-27/h1,3-4,6-9,11-12,18,27H,2,5,10,13-14H2,(H,22,23)(H,24,26)/b9-7+/t18-/m1/s1. The number of anilines is 1. The van der Waals surface area contributed by atoms with Gasteiger partial charge in [0, 0.05) is 36.4 Å². The highest BCUT2D eigenvalue weighted by Gasteiger charge is 2.20. The second-order valence-corrected chi connectivity index (χ2v) is 7.07. The van der Waals surface area contributed by atoms with Crippen molar-refractivity contribution in [3.05, 3.63) is 64.8 Å². The zero-order valence-corrected chi connectivity index (χ0v) is 15.7. The second kappa shape index (κ2) is 9.50. The number of likely N-dealkylation sites (tertiary alicyclic amines) is 1. The molecule has 1 aromatic carbocycles. The summed E-state index contributed by atoms with van der Waals surface area (Å²) in [5, 5.41) is 12.7. The number of rotatable bonds is 6. The molecule has 0 unspecified atom stereocenters. The molecule has 3 rings (SSSR count). The van der Waals surface area contributed by atoms with Crippen molar-refractivity contribution in [2.24, 2.45) is 0 Å². The van der Waals surface area contributed by atoms with Crippen molar-refractivity contribution < 1.29 is 10.0 Å². The van der Waals surface area contributed by atoms with Crippen molar-refractivity contribution in [2.75, 3.05) is 18.4 Å². The van der Waals surface area contributed by atoms with Gasteiger partial charge in [0.2, 0.25) is 0 Å². The molecular weight excluding hydrogens is 364 g/mol. The molecule has 1 aromatic heterocycles. The van der Waals surface area contributed by atoms with Crippen molar-refractivity contribution in [1.82, 2.24) is 15.4 Å². The summed E-state index contributed by atoms with van der Waals surface area (Å²) in [7, 11) is 0. The molecule has 1 amide bonds. The van der Waals surface area contributed by atoms with Crippen molar-refractivity contribution >= 4 is 29.4 Å². The molecular formula is C20H23ClN4O2. The van der Waals surface area contributed by atoms with Gasteiger partial charge in [0.05, 0.1) is 0 Å². The minimum atomic E-state index is -0.570. The molecule has 7 heteroatoms. The Kier molecular flexibility index (Phi) is 6.81. The molecule has 0 aliphatic carbocycles. The van der Waals surface area contributed by atoms with Crippen molar-refractivity contribution in [3.8, 4) is 0 Å². The maximum absolute atomic E-state index is 11.0. The number of piperidine rings is 1. The van der Waals surface area contributed by atoms with E-state index in [1.54, 1.807) is 17.8 Å². The Labute approximate surface area is 163 Å². The zero-order chi connectivity index (χ0) is 19.1. The number of nitrogens with zero attached hydrogens (tertiary/aromatic N) is 2. The highest BCUT2D eigenvalue weighted by atomic mass is 35.5. The molecule has 27 heavy (non-hydrogen) atoms. The van der Waals surface area contributed by atoms with Crippen LogP contribution >= 0.6 is 11.6 Å². The second-order valence-electron chi connectivity index (χ2n) is 6.63. The van der Waals surface area contributed by atoms with E-state index in [0.717, 1.165) is 48.9 Å². The highest BCUT2D eigenvalue weighted by molar-refractivity contribution is 6.30. The van der Waals surface area contributed by atoms with Crippen LogP contribution in [0.3, 0.4) is 0 Å². The van der Waals surface area contributed by atoms with Crippen LogP contribution in [0.25, 0.3) is 6.08 Å². The lowest BCUT2D eigenvalue weighted by Crippen LogP contribution is -2.41. The number of carbonyl (C=O) groups excluding carboxylic acids is 1. The summed E-state index contributed by atoms with van der Waals surface area (Å²) in [6, 6.07) is 12.1. The van der Waals surface area contributed by atoms with Crippen LogP contribution in [0.15, 0.2) is 48.7 Å². The normalized spacial score (nSPS) is 17.8. The van der Waals surface area contributed by atoms with Gasteiger partial charge in [-0.3, -0.25) is 14.9 Å². The van der Waals surface area contributed by atoms with Gasteiger partial charge in [0.15, 0.2) is 0 Å². The lowest BCUT2D eigenvalue weighted by Gasteiger charge is -2.33. The van der Waals surface area contributed by atoms with Gasteiger partial charge in [-0.2, -0.15) is 0 Å². The van der Waals surface area contributed by atoms with Gasteiger partial charge in [-0.25, -0.2) is 10.5 Å². The summed E-state index contributed by atoms with van der Waals surface area (Å²) in [6.07, 6.45) is 6.77. The first-order chi connectivity index (χ1) is 13.1. The number of aromatic nitrogens is 1. The summed E-state index contributed by atoms with van der Waals surface area (Å²) in [6.45, 7) is 2.92. The van der Waals surface area contributed by atoms with Crippen LogP contribution in [0, 0.1) is 0 Å². The van der Waals surface area contributed by atoms with E-state index >= 15 is 0 Å². The van der Waals surface area contributed by atoms with Crippen LogP contribution < -0.4 is 10.8 Å². The number of amides is 1. The predicted octanol–water partition coefficient (Wildman–Crippen LogP) is 3.33. The number of nitrogens with one attached hydrogen (secondary N) is 2. The van der Waals surface area contributed by atoms with Crippen LogP contribution in [0.2, 0.25) is 5.02 Å². The van der Waals surface area contributed by atoms with Gasteiger partial charge in [-0.15, -0.1) is 0 Å². The molecule has 3 N–H and O–H groups in total. The third-order valence-corrected chi connectivity index (χ3v) is 4.71. The van der Waals surface area contributed by atoms with Crippen LogP contribution in [0.1, 0.15) is 24.0 Å². The quantitative estimate of drug-likeness (QED) is 0.403. The van der Waals surface area contributed by atoms with Gasteiger partial charge in [0.25, 0.3) is 5.91 Å². The van der Waals surface area contributed by atoms with Crippen LogP contribution in [-0.4, -0.2) is 40.1 Å². The highest BCUT2D eigenvalue weighted by Crippen LogP contribution is 2.19. The lowest BCUT2D eigenvalue weighted by molar-refractivity contribution is -0.124. The minimum absolute atomic E-state index is 0.340. The summed E-state index contributed by atoms with van der Waals surface area (Å²) < 4.78 is 0. The fourth-order valence-electron chi connectivity index (χ4n) is 3.22. The molecule has 0 radical (unpaired) electrons. The van der Waals surface area contributed by atoms with E-state index in [-0.39, 0.29) is 0 Å². The SMILES string of the molecule is O=C(/C=C/c1ccc(N[C@@H]2CCCN(Cc3cccc(Cl)c3)C2)nc1)NO. The summed E-state index contributed by atoms with van der Waals surface area (Å²) in [5.41, 5.74) is 3.57. The van der Waals surface area contributed by atoms with Gasteiger partial charge in [-0.05, 0) is 60.9 Å². The van der Waals surface area contributed by atoms with E-state index in [9.17, 15) is 4.79 Å². The molecule has 0 spiro atoms. The maximum Gasteiger partial charge on any atom is 0.267 e. The molecule has 1 saturated heterocycles. The average Bonchev–Trinajstić information content (AvgIpc) is 2.67. The van der Waals surface area contributed by atoms with Crippen LogP contribution in [0.5, 0.6) is 0 Å². The van der Waals surface area contributed by atoms with E-state index in [2.05, 4.69) is 21.3 Å². The van der Waals surface area contributed by atoms with Gasteiger partial charge < -0.3 is 5.32 Å². The third kappa shape index (κ3) is 6.06. The number of hydrogen-bond acceptors (Lipinski definition) is 5. The smallest absolute Gasteiger partial charge is 0.267 e. The fraction of sp³-hybridized carbons (Fsp3) is 0.300. The Bertz CT molecular complexity index is 795. The number of hydroxylamine groups is 1. The Morgan fingerprint density at radius 3 is 3.00 bits per heavy atom. The molecule has 2 heterocycles. The first kappa shape index (κ1) is 19.4. The topological polar surface area (TPSA) is 77.5 Å². The Hall–Kier alpha value is -2.41. The van der Waals surface area contributed by atoms with E-state index in [0.29, 0.717) is 6.04 Å². The average molecular weight is 387 g/mol. The van der Waals surface area contributed by atoms with Crippen molar-refractivity contribution in [3.63, 3.8) is 0 Å². The van der Waals surface area contributed by atoms with E-state index in [1.165, 1.54) is 11.6 Å². The first-order valence-corrected chi connectivity index (χ1v) is 9.32. The number of halogens is 1. The maximum atomic E-state index is 11.0. The molecule has 2 aromatic rings. The summed E-state index contributed by atoms with van der Waals surface area (Å²) >= 11 is 6.08. The Balaban J connectivity index is 1.54. The van der Waals surface area contributed by atoms with Gasteiger partial charge in [0.1, 0.15) is 5.82 Å². The number of carbonyl (C=O) groups is 1. The van der Waals surface area contributed by atoms with E-state index in [4.69, 9.17) is 16.8 Å². The van der Waals surface area contributed by atoms with E-state index < -0.39 is 5.91 Å². The largest absolute Gasteiger partial charge is 0.366 e. The lowest BCUT2D eigenvalue weighted by atomic mass is 10.0. The number of benzene rings is 1. The third-order valence-electron chi connectivity index (χ3n) is 4.48. The Morgan fingerprint density at radius 2 is 2.26 bits per heavy atom. The molecule has 0 saturated carbocycles. The molecule has 0 bridgehead atoms. The monoisotopic (exact) mass is 386 g/mol. The van der Waals surface area contributed by atoms with Crippen LogP contribution in [0.4, 0.5) is 5.82 Å². The van der Waals surface area contributed by atoms with Gasteiger partial charge in [-0.1, -0.05) is 23.7 Å². The zero-order valence-electron chi connectivity index (χ0n) is 14.9. The molecule has 1 fully saturated rings. The first-order valence-electron chi connectivity index (χ1n) is 8.94. The molecule has 1 aliphatic rings. The number of pyridine rings is 1. The van der Waals surface area contributed by atoms with Gasteiger partial charge >= 0.3 is 0 Å².